The molecule has 1 rings (SSSR count). The SMILES string of the molecule is CC1CNC(=O)N1C. The molecule has 0 aromatic rings. The molecule has 1 fully saturated rings. The average Bonchev–Trinajstić information content (AvgIpc) is 1.98. The molecule has 0 radical (unpaired) electrons. The summed E-state index contributed by atoms with van der Waals surface area (Å²) in [7, 11) is 1.80. The topological polar surface area (TPSA) is 32.3 Å². The molecule has 0 aromatic heterocycles. The lowest BCUT2D eigenvalue weighted by atomic mass is 10.3. The van der Waals surface area contributed by atoms with E-state index in [0.717, 1.165) is 6.54 Å². The van der Waals surface area contributed by atoms with Crippen LogP contribution in [0, 0.1) is 0 Å². The first-order valence-corrected chi connectivity index (χ1v) is 2.72. The number of carbonyl (C=O) groups excluding carboxylic acids is 1. The molecule has 0 saturated carbocycles. The highest BCUT2D eigenvalue weighted by molar-refractivity contribution is 5.76. The second kappa shape index (κ2) is 1.65. The maximum absolute atomic E-state index is 10.6. The standard InChI is InChI=1S/C5H10N2O/c1-4-3-6-5(8)7(4)2/h4H,3H2,1-2H3,(H,6,8). The first-order chi connectivity index (χ1) is 3.72. The minimum absolute atomic E-state index is 0.0394. The van der Waals surface area contributed by atoms with E-state index in [4.69, 9.17) is 0 Å². The fourth-order valence-electron chi connectivity index (χ4n) is 0.697. The summed E-state index contributed by atoms with van der Waals surface area (Å²) in [5, 5.41) is 2.71. The molecule has 0 aromatic carbocycles. The second-order valence-electron chi connectivity index (χ2n) is 2.15. The highest BCUT2D eigenvalue weighted by Gasteiger charge is 2.21. The Morgan fingerprint density at radius 3 is 2.62 bits per heavy atom. The van der Waals surface area contributed by atoms with Gasteiger partial charge in [0, 0.05) is 19.6 Å². The minimum atomic E-state index is 0.0394. The van der Waals surface area contributed by atoms with Crippen molar-refractivity contribution >= 4 is 6.03 Å². The lowest BCUT2D eigenvalue weighted by Gasteiger charge is -2.10. The fraction of sp³-hybridized carbons (Fsp3) is 0.800. The third kappa shape index (κ3) is 0.638. The Hall–Kier alpha value is -0.730. The van der Waals surface area contributed by atoms with Gasteiger partial charge >= 0.3 is 6.03 Å². The Kier molecular flexibility index (Phi) is 1.12. The summed E-state index contributed by atoms with van der Waals surface area (Å²) in [6, 6.07) is 0.403. The van der Waals surface area contributed by atoms with Crippen LogP contribution < -0.4 is 5.32 Å². The van der Waals surface area contributed by atoms with Gasteiger partial charge in [0.05, 0.1) is 0 Å². The highest BCUT2D eigenvalue weighted by atomic mass is 16.2. The Morgan fingerprint density at radius 2 is 2.50 bits per heavy atom. The summed E-state index contributed by atoms with van der Waals surface area (Å²) in [5.41, 5.74) is 0. The van der Waals surface area contributed by atoms with Gasteiger partial charge in [0.1, 0.15) is 0 Å². The molecule has 0 spiro atoms. The quantitative estimate of drug-likeness (QED) is 0.473. The van der Waals surface area contributed by atoms with Crippen LogP contribution in [-0.4, -0.2) is 30.6 Å². The molecule has 3 heteroatoms. The molecule has 8 heavy (non-hydrogen) atoms. The molecule has 1 heterocycles. The molecule has 1 N–H and O–H groups in total. The number of hydrogen-bond acceptors (Lipinski definition) is 1. The van der Waals surface area contributed by atoms with Gasteiger partial charge in [-0.25, -0.2) is 4.79 Å². The van der Waals surface area contributed by atoms with Crippen LogP contribution in [-0.2, 0) is 0 Å². The van der Waals surface area contributed by atoms with Crippen LogP contribution in [0.3, 0.4) is 0 Å². The Balaban J connectivity index is 2.56. The van der Waals surface area contributed by atoms with Crippen molar-refractivity contribution in [2.45, 2.75) is 13.0 Å². The van der Waals surface area contributed by atoms with E-state index in [1.807, 2.05) is 6.92 Å². The first-order valence-electron chi connectivity index (χ1n) is 2.72. The predicted molar refractivity (Wildman–Crippen MR) is 30.6 cm³/mol. The lowest BCUT2D eigenvalue weighted by molar-refractivity contribution is 0.218. The van der Waals surface area contributed by atoms with Crippen LogP contribution >= 0.6 is 0 Å². The molecule has 1 saturated heterocycles. The monoisotopic (exact) mass is 114 g/mol. The van der Waals surface area contributed by atoms with E-state index in [-0.39, 0.29) is 6.03 Å². The normalized spacial score (nSPS) is 28.5. The van der Waals surface area contributed by atoms with Crippen molar-refractivity contribution in [3.8, 4) is 0 Å². The van der Waals surface area contributed by atoms with Gasteiger partial charge in [-0.05, 0) is 6.92 Å². The number of carbonyl (C=O) groups is 1. The van der Waals surface area contributed by atoms with Crippen LogP contribution in [0.15, 0.2) is 0 Å². The molecule has 3 nitrogen and oxygen atoms in total. The number of amides is 2. The van der Waals surface area contributed by atoms with Gasteiger partial charge in [-0.2, -0.15) is 0 Å². The van der Waals surface area contributed by atoms with E-state index >= 15 is 0 Å². The average molecular weight is 114 g/mol. The molecular formula is C5H10N2O. The molecule has 0 bridgehead atoms. The predicted octanol–water partition coefficient (Wildman–Crippen LogP) is 0.0299. The van der Waals surface area contributed by atoms with Crippen molar-refractivity contribution in [1.29, 1.82) is 0 Å². The van der Waals surface area contributed by atoms with Gasteiger partial charge in [-0.15, -0.1) is 0 Å². The highest BCUT2D eigenvalue weighted by Crippen LogP contribution is 2.00. The van der Waals surface area contributed by atoms with E-state index in [9.17, 15) is 4.79 Å². The van der Waals surface area contributed by atoms with Crippen LogP contribution in [0.5, 0.6) is 0 Å². The molecule has 1 atom stereocenters. The lowest BCUT2D eigenvalue weighted by Crippen LogP contribution is -2.27. The minimum Gasteiger partial charge on any atom is -0.336 e. The zero-order valence-electron chi connectivity index (χ0n) is 5.14. The summed E-state index contributed by atoms with van der Waals surface area (Å²) >= 11 is 0. The second-order valence-corrected chi connectivity index (χ2v) is 2.15. The Labute approximate surface area is 48.7 Å². The number of nitrogens with one attached hydrogen (secondary N) is 1. The number of likely N-dealkylation sites (N-methyl/N-ethyl adjacent to an activating group) is 1. The van der Waals surface area contributed by atoms with Gasteiger partial charge in [-0.1, -0.05) is 0 Å². The van der Waals surface area contributed by atoms with Crippen molar-refractivity contribution in [2.24, 2.45) is 0 Å². The molecule has 1 aliphatic heterocycles. The van der Waals surface area contributed by atoms with Crippen molar-refractivity contribution in [3.63, 3.8) is 0 Å². The summed E-state index contributed by atoms with van der Waals surface area (Å²) in [6.07, 6.45) is 0. The number of urea groups is 1. The summed E-state index contributed by atoms with van der Waals surface area (Å²) < 4.78 is 0. The van der Waals surface area contributed by atoms with Crippen molar-refractivity contribution in [3.05, 3.63) is 0 Å². The van der Waals surface area contributed by atoms with Crippen LogP contribution in [0.25, 0.3) is 0 Å². The van der Waals surface area contributed by atoms with Crippen LogP contribution in [0.1, 0.15) is 6.92 Å². The van der Waals surface area contributed by atoms with Crippen LogP contribution in [0.4, 0.5) is 4.79 Å². The van der Waals surface area contributed by atoms with Gasteiger partial charge in [0.15, 0.2) is 0 Å². The molecule has 46 valence electrons. The molecule has 1 unspecified atom stereocenters. The van der Waals surface area contributed by atoms with E-state index in [0.29, 0.717) is 6.04 Å². The smallest absolute Gasteiger partial charge is 0.317 e. The zero-order valence-corrected chi connectivity index (χ0v) is 5.14. The van der Waals surface area contributed by atoms with Crippen molar-refractivity contribution < 1.29 is 4.79 Å². The fourth-order valence-corrected chi connectivity index (χ4v) is 0.697. The maximum atomic E-state index is 10.6. The third-order valence-electron chi connectivity index (χ3n) is 1.53. The van der Waals surface area contributed by atoms with Gasteiger partial charge in [0.2, 0.25) is 0 Å². The van der Waals surface area contributed by atoms with E-state index in [2.05, 4.69) is 5.32 Å². The molecule has 2 amide bonds. The first kappa shape index (κ1) is 5.41. The summed E-state index contributed by atoms with van der Waals surface area (Å²) in [4.78, 5) is 12.3. The summed E-state index contributed by atoms with van der Waals surface area (Å²) in [5.74, 6) is 0. The van der Waals surface area contributed by atoms with Crippen LogP contribution in [0.2, 0.25) is 0 Å². The molecule has 1 aliphatic rings. The maximum Gasteiger partial charge on any atom is 0.317 e. The third-order valence-corrected chi connectivity index (χ3v) is 1.53. The molecule has 0 aliphatic carbocycles. The Bertz CT molecular complexity index is 113. The van der Waals surface area contributed by atoms with Gasteiger partial charge in [-0.3, -0.25) is 0 Å². The molecular weight excluding hydrogens is 104 g/mol. The van der Waals surface area contributed by atoms with Gasteiger partial charge in [0.25, 0.3) is 0 Å². The number of nitrogens with zero attached hydrogens (tertiary/aromatic N) is 1. The number of hydrogen-bond donors (Lipinski definition) is 1. The van der Waals surface area contributed by atoms with E-state index < -0.39 is 0 Å². The zero-order chi connectivity index (χ0) is 6.15. The van der Waals surface area contributed by atoms with Gasteiger partial charge < -0.3 is 10.2 Å². The van der Waals surface area contributed by atoms with E-state index in [1.165, 1.54) is 0 Å². The Morgan fingerprint density at radius 1 is 1.88 bits per heavy atom. The van der Waals surface area contributed by atoms with Crippen molar-refractivity contribution in [1.82, 2.24) is 10.2 Å². The summed E-state index contributed by atoms with van der Waals surface area (Å²) in [6.45, 7) is 2.80. The van der Waals surface area contributed by atoms with Crippen molar-refractivity contribution in [2.75, 3.05) is 13.6 Å². The largest absolute Gasteiger partial charge is 0.336 e. The number of rotatable bonds is 0. The van der Waals surface area contributed by atoms with E-state index in [1.54, 1.807) is 11.9 Å².